The second-order valence-corrected chi connectivity index (χ2v) is 7.32. The third-order valence-corrected chi connectivity index (χ3v) is 4.61. The van der Waals surface area contributed by atoms with Gasteiger partial charge in [-0.2, -0.15) is 10.1 Å². The van der Waals surface area contributed by atoms with Gasteiger partial charge in [-0.05, 0) is 19.9 Å². The second kappa shape index (κ2) is 7.27. The van der Waals surface area contributed by atoms with Crippen molar-refractivity contribution in [1.82, 2.24) is 19.7 Å². The van der Waals surface area contributed by atoms with Gasteiger partial charge >= 0.3 is 0 Å². The fraction of sp³-hybridized carbons (Fsp3) is 0.222. The minimum atomic E-state index is -1.40. The van der Waals surface area contributed by atoms with Crippen LogP contribution < -0.4 is 11.3 Å². The maximum atomic E-state index is 12.0. The van der Waals surface area contributed by atoms with Gasteiger partial charge in [0, 0.05) is 22.8 Å². The number of nitrogens with zero attached hydrogens (tertiary/aromatic N) is 4. The van der Waals surface area contributed by atoms with Gasteiger partial charge in [-0.1, -0.05) is 30.3 Å². The molecule has 0 saturated carbocycles. The molecule has 1 atom stereocenters. The molecule has 134 valence electrons. The summed E-state index contributed by atoms with van der Waals surface area (Å²) in [6.07, 6.45) is 1.49. The van der Waals surface area contributed by atoms with Crippen LogP contribution >= 0.6 is 0 Å². The lowest BCUT2D eigenvalue weighted by atomic mass is 10.1. The van der Waals surface area contributed by atoms with Crippen LogP contribution in [0.5, 0.6) is 0 Å². The van der Waals surface area contributed by atoms with Gasteiger partial charge < -0.3 is 10.3 Å². The van der Waals surface area contributed by atoms with E-state index < -0.39 is 11.2 Å². The zero-order chi connectivity index (χ0) is 18.8. The van der Waals surface area contributed by atoms with E-state index in [2.05, 4.69) is 15.1 Å². The highest BCUT2D eigenvalue weighted by molar-refractivity contribution is 7.90. The van der Waals surface area contributed by atoms with Gasteiger partial charge in [-0.25, -0.2) is 9.67 Å². The molecule has 0 aliphatic carbocycles. The fourth-order valence-electron chi connectivity index (χ4n) is 2.54. The lowest BCUT2D eigenvalue weighted by Gasteiger charge is -2.14. The van der Waals surface area contributed by atoms with E-state index in [0.717, 1.165) is 5.56 Å². The number of hydrogen-bond donors (Lipinski definition) is 1. The Morgan fingerprint density at radius 1 is 1.08 bits per heavy atom. The minimum Gasteiger partial charge on any atom is -0.610 e. The smallest absolute Gasteiger partial charge is 0.287 e. The summed E-state index contributed by atoms with van der Waals surface area (Å²) in [6, 6.07) is 12.4. The SMILES string of the molecule is CC(C)n1nc(-c2nc([S+](C)[O-])c(N)nc2-c2ccccc2)ccc1=O. The Morgan fingerprint density at radius 2 is 1.77 bits per heavy atom. The average molecular weight is 369 g/mol. The highest BCUT2D eigenvalue weighted by atomic mass is 32.2. The molecule has 7 nitrogen and oxygen atoms in total. The van der Waals surface area contributed by atoms with Crippen LogP contribution in [0.1, 0.15) is 19.9 Å². The number of aromatic nitrogens is 4. The molecule has 0 radical (unpaired) electrons. The average Bonchev–Trinajstić information content (AvgIpc) is 2.62. The van der Waals surface area contributed by atoms with E-state index in [-0.39, 0.29) is 22.4 Å². The molecule has 1 unspecified atom stereocenters. The summed E-state index contributed by atoms with van der Waals surface area (Å²) in [7, 11) is 0. The number of nitrogens with two attached hydrogens (primary N) is 1. The molecule has 3 aromatic rings. The van der Waals surface area contributed by atoms with Crippen molar-refractivity contribution in [3.63, 3.8) is 0 Å². The Bertz CT molecular complexity index is 987. The number of anilines is 1. The van der Waals surface area contributed by atoms with E-state index in [1.807, 2.05) is 44.2 Å². The van der Waals surface area contributed by atoms with Crippen molar-refractivity contribution in [3.8, 4) is 22.6 Å². The zero-order valence-electron chi connectivity index (χ0n) is 14.7. The highest BCUT2D eigenvalue weighted by Crippen LogP contribution is 2.30. The Balaban J connectivity index is 2.30. The zero-order valence-corrected chi connectivity index (χ0v) is 15.5. The predicted molar refractivity (Wildman–Crippen MR) is 102 cm³/mol. The molecule has 2 N–H and O–H groups in total. The Hall–Kier alpha value is -2.71. The summed E-state index contributed by atoms with van der Waals surface area (Å²) >= 11 is -1.40. The van der Waals surface area contributed by atoms with Crippen molar-refractivity contribution in [2.75, 3.05) is 12.0 Å². The van der Waals surface area contributed by atoms with Gasteiger partial charge in [0.2, 0.25) is 5.82 Å². The van der Waals surface area contributed by atoms with Crippen LogP contribution in [0.15, 0.2) is 52.3 Å². The molecule has 1 aromatic carbocycles. The predicted octanol–water partition coefficient (Wildman–Crippen LogP) is 2.27. The van der Waals surface area contributed by atoms with Crippen molar-refractivity contribution in [3.05, 3.63) is 52.8 Å². The minimum absolute atomic E-state index is 0.107. The van der Waals surface area contributed by atoms with Crippen LogP contribution in [0.3, 0.4) is 0 Å². The topological polar surface area (TPSA) is 110 Å². The lowest BCUT2D eigenvalue weighted by molar-refractivity contribution is 0.504. The first-order valence-corrected chi connectivity index (χ1v) is 9.61. The van der Waals surface area contributed by atoms with E-state index in [0.29, 0.717) is 17.1 Å². The van der Waals surface area contributed by atoms with Gasteiger partial charge in [0.25, 0.3) is 10.6 Å². The van der Waals surface area contributed by atoms with E-state index >= 15 is 0 Å². The summed E-state index contributed by atoms with van der Waals surface area (Å²) in [5.41, 5.74) is 8.00. The van der Waals surface area contributed by atoms with Crippen LogP contribution in [0.4, 0.5) is 5.82 Å². The van der Waals surface area contributed by atoms with Gasteiger partial charge in [0.05, 0.1) is 6.04 Å². The standard InChI is InChI=1S/C18H19N5O2S/c1-11(2)23-14(24)10-9-13(22-23)16-15(12-7-5-4-6-8-12)20-17(19)18(21-16)26(3)25/h4-11H,1-3H3,(H2,19,20). The molecule has 26 heavy (non-hydrogen) atoms. The molecule has 0 aliphatic rings. The highest BCUT2D eigenvalue weighted by Gasteiger charge is 2.22. The first-order valence-electron chi connectivity index (χ1n) is 8.05. The largest absolute Gasteiger partial charge is 0.610 e. The number of benzene rings is 1. The van der Waals surface area contributed by atoms with Gasteiger partial charge in [-0.3, -0.25) is 4.79 Å². The third-order valence-electron chi connectivity index (χ3n) is 3.77. The Morgan fingerprint density at radius 3 is 2.38 bits per heavy atom. The monoisotopic (exact) mass is 369 g/mol. The summed E-state index contributed by atoms with van der Waals surface area (Å²) < 4.78 is 13.4. The summed E-state index contributed by atoms with van der Waals surface area (Å²) in [5, 5.41) is 4.62. The first-order chi connectivity index (χ1) is 12.4. The fourth-order valence-corrected chi connectivity index (χ4v) is 3.10. The maximum absolute atomic E-state index is 12.0. The van der Waals surface area contributed by atoms with Crippen molar-refractivity contribution in [2.45, 2.75) is 24.9 Å². The van der Waals surface area contributed by atoms with E-state index in [1.54, 1.807) is 6.07 Å². The number of hydrogen-bond acceptors (Lipinski definition) is 6. The van der Waals surface area contributed by atoms with E-state index in [4.69, 9.17) is 5.73 Å². The van der Waals surface area contributed by atoms with Crippen LogP contribution in [0.2, 0.25) is 0 Å². The molecule has 2 heterocycles. The van der Waals surface area contributed by atoms with Gasteiger partial charge in [-0.15, -0.1) is 0 Å². The summed E-state index contributed by atoms with van der Waals surface area (Å²) in [5.74, 6) is 0.116. The van der Waals surface area contributed by atoms with Crippen molar-refractivity contribution >= 4 is 17.0 Å². The molecule has 2 aromatic heterocycles. The van der Waals surface area contributed by atoms with E-state index in [1.165, 1.54) is 17.0 Å². The molecule has 0 aliphatic heterocycles. The Labute approximate surface area is 154 Å². The van der Waals surface area contributed by atoms with Crippen LogP contribution in [0, 0.1) is 0 Å². The molecule has 8 heteroatoms. The second-order valence-electron chi connectivity index (χ2n) is 6.03. The maximum Gasteiger partial charge on any atom is 0.287 e. The van der Waals surface area contributed by atoms with Crippen LogP contribution in [0.25, 0.3) is 22.6 Å². The number of nitrogen functional groups attached to an aromatic ring is 1. The number of rotatable bonds is 4. The third kappa shape index (κ3) is 3.47. The molecule has 0 spiro atoms. The van der Waals surface area contributed by atoms with Crippen LogP contribution in [-0.4, -0.2) is 30.6 Å². The molecular formula is C18H19N5O2S. The van der Waals surface area contributed by atoms with Crippen molar-refractivity contribution in [2.24, 2.45) is 0 Å². The quantitative estimate of drug-likeness (QED) is 0.707. The molecule has 0 fully saturated rings. The lowest BCUT2D eigenvalue weighted by Crippen LogP contribution is -2.24. The first kappa shape index (κ1) is 18.1. The molecule has 0 amide bonds. The van der Waals surface area contributed by atoms with Crippen molar-refractivity contribution in [1.29, 1.82) is 0 Å². The molecular weight excluding hydrogens is 350 g/mol. The van der Waals surface area contributed by atoms with Crippen LogP contribution in [-0.2, 0) is 11.2 Å². The summed E-state index contributed by atoms with van der Waals surface area (Å²) in [4.78, 5) is 20.9. The molecule has 3 rings (SSSR count). The Kier molecular flexibility index (Phi) is 5.06. The normalized spacial score (nSPS) is 12.3. The summed E-state index contributed by atoms with van der Waals surface area (Å²) in [6.45, 7) is 3.74. The van der Waals surface area contributed by atoms with Crippen molar-refractivity contribution < 1.29 is 4.55 Å². The van der Waals surface area contributed by atoms with E-state index in [9.17, 15) is 9.35 Å². The van der Waals surface area contributed by atoms with Gasteiger partial charge in [0.15, 0.2) is 0 Å². The molecule has 0 saturated heterocycles. The molecule has 0 bridgehead atoms. The van der Waals surface area contributed by atoms with Gasteiger partial charge in [0.1, 0.15) is 23.3 Å².